The van der Waals surface area contributed by atoms with E-state index in [-0.39, 0.29) is 17.9 Å². The van der Waals surface area contributed by atoms with E-state index >= 15 is 0 Å². The predicted octanol–water partition coefficient (Wildman–Crippen LogP) is 4.06. The van der Waals surface area contributed by atoms with Crippen molar-refractivity contribution in [2.45, 2.75) is 19.4 Å². The summed E-state index contributed by atoms with van der Waals surface area (Å²) in [5.41, 5.74) is 2.78. The van der Waals surface area contributed by atoms with Gasteiger partial charge in [-0.2, -0.15) is 0 Å². The Kier molecular flexibility index (Phi) is 5.38. The minimum atomic E-state index is 0.0414. The first-order valence-electron chi connectivity index (χ1n) is 8.26. The summed E-state index contributed by atoms with van der Waals surface area (Å²) in [6, 6.07) is 15.9. The van der Waals surface area contributed by atoms with Gasteiger partial charge in [-0.1, -0.05) is 41.9 Å². The van der Waals surface area contributed by atoms with E-state index in [1.807, 2.05) is 30.3 Å². The van der Waals surface area contributed by atoms with Gasteiger partial charge in [-0.05, 0) is 43.7 Å². The molecule has 126 valence electrons. The van der Waals surface area contributed by atoms with Gasteiger partial charge in [0, 0.05) is 18.3 Å². The molecule has 2 aromatic carbocycles. The molecule has 1 heterocycles. The first-order valence-corrected chi connectivity index (χ1v) is 8.64. The highest BCUT2D eigenvalue weighted by atomic mass is 35.5. The molecule has 2 atom stereocenters. The van der Waals surface area contributed by atoms with Crippen molar-refractivity contribution in [1.82, 2.24) is 5.32 Å². The molecule has 0 aromatic heterocycles. The molecule has 1 amide bonds. The van der Waals surface area contributed by atoms with Gasteiger partial charge in [0.05, 0.1) is 16.6 Å². The highest BCUT2D eigenvalue weighted by Crippen LogP contribution is 2.29. The third-order valence-corrected chi connectivity index (χ3v) is 4.65. The summed E-state index contributed by atoms with van der Waals surface area (Å²) in [4.78, 5) is 12.2. The van der Waals surface area contributed by atoms with Crippen LogP contribution in [0.4, 0.5) is 11.4 Å². The van der Waals surface area contributed by atoms with Crippen LogP contribution in [-0.4, -0.2) is 19.0 Å². The second-order valence-electron chi connectivity index (χ2n) is 6.15. The maximum Gasteiger partial charge on any atom is 0.228 e. The number of carbonyl (C=O) groups excluding carboxylic acids is 1. The Balaban J connectivity index is 1.65. The molecule has 0 bridgehead atoms. The van der Waals surface area contributed by atoms with Crippen LogP contribution >= 0.6 is 11.6 Å². The normalized spacial score (nSPS) is 18.2. The number of hydrogen-bond acceptors (Lipinski definition) is 3. The summed E-state index contributed by atoms with van der Waals surface area (Å²) < 4.78 is 0. The fraction of sp³-hybridized carbons (Fsp3) is 0.316. The van der Waals surface area contributed by atoms with E-state index in [2.05, 4.69) is 35.0 Å². The highest BCUT2D eigenvalue weighted by molar-refractivity contribution is 6.33. The Hall–Kier alpha value is -2.04. The lowest BCUT2D eigenvalue weighted by Crippen LogP contribution is -2.24. The van der Waals surface area contributed by atoms with Crippen molar-refractivity contribution in [2.75, 3.05) is 23.7 Å². The van der Waals surface area contributed by atoms with Crippen LogP contribution in [0.3, 0.4) is 0 Å². The van der Waals surface area contributed by atoms with Gasteiger partial charge in [0.2, 0.25) is 5.91 Å². The van der Waals surface area contributed by atoms with E-state index in [4.69, 9.17) is 11.6 Å². The van der Waals surface area contributed by atoms with E-state index in [1.54, 1.807) is 6.07 Å². The molecule has 24 heavy (non-hydrogen) atoms. The number of carbonyl (C=O) groups is 1. The van der Waals surface area contributed by atoms with Gasteiger partial charge in [0.15, 0.2) is 0 Å². The molecule has 1 aliphatic heterocycles. The molecule has 3 rings (SSSR count). The summed E-state index contributed by atoms with van der Waals surface area (Å²) >= 11 is 6.38. The van der Waals surface area contributed by atoms with Crippen molar-refractivity contribution in [1.29, 1.82) is 0 Å². The van der Waals surface area contributed by atoms with E-state index in [1.165, 1.54) is 5.56 Å². The molecule has 5 heteroatoms. The number of amides is 1. The van der Waals surface area contributed by atoms with E-state index in [0.717, 1.165) is 30.9 Å². The number of anilines is 2. The third kappa shape index (κ3) is 4.08. The van der Waals surface area contributed by atoms with Crippen LogP contribution in [0.1, 0.15) is 24.9 Å². The molecule has 1 fully saturated rings. The van der Waals surface area contributed by atoms with Gasteiger partial charge in [-0.25, -0.2) is 0 Å². The number of hydrogen-bond donors (Lipinski definition) is 3. The van der Waals surface area contributed by atoms with Crippen LogP contribution in [-0.2, 0) is 4.79 Å². The number of benzene rings is 2. The van der Waals surface area contributed by atoms with Crippen LogP contribution in [0.25, 0.3) is 0 Å². The quantitative estimate of drug-likeness (QED) is 0.767. The number of nitrogens with one attached hydrogen (secondary N) is 3. The van der Waals surface area contributed by atoms with Crippen molar-refractivity contribution in [3.05, 3.63) is 59.1 Å². The monoisotopic (exact) mass is 343 g/mol. The Morgan fingerprint density at radius 2 is 2.04 bits per heavy atom. The zero-order valence-corrected chi connectivity index (χ0v) is 14.4. The van der Waals surface area contributed by atoms with Crippen LogP contribution in [0.15, 0.2) is 48.5 Å². The fourth-order valence-electron chi connectivity index (χ4n) is 2.89. The average molecular weight is 344 g/mol. The fourth-order valence-corrected chi connectivity index (χ4v) is 3.13. The predicted molar refractivity (Wildman–Crippen MR) is 99.5 cm³/mol. The molecule has 2 aromatic rings. The SMILES string of the molecule is CC(Nc1ccc(NC(=O)C2CCNC2)cc1Cl)c1ccccc1. The Labute approximate surface area is 147 Å². The molecule has 0 spiro atoms. The lowest BCUT2D eigenvalue weighted by molar-refractivity contribution is -0.119. The smallest absolute Gasteiger partial charge is 0.228 e. The minimum absolute atomic E-state index is 0.0414. The summed E-state index contributed by atoms with van der Waals surface area (Å²) in [7, 11) is 0. The van der Waals surface area contributed by atoms with Crippen LogP contribution in [0, 0.1) is 5.92 Å². The van der Waals surface area contributed by atoms with Gasteiger partial charge >= 0.3 is 0 Å². The Morgan fingerprint density at radius 1 is 1.25 bits per heavy atom. The summed E-state index contributed by atoms with van der Waals surface area (Å²) in [5.74, 6) is 0.0918. The zero-order chi connectivity index (χ0) is 16.9. The first kappa shape index (κ1) is 16.8. The van der Waals surface area contributed by atoms with Crippen molar-refractivity contribution >= 4 is 28.9 Å². The van der Waals surface area contributed by atoms with Gasteiger partial charge in [-0.15, -0.1) is 0 Å². The van der Waals surface area contributed by atoms with Crippen LogP contribution in [0.2, 0.25) is 5.02 Å². The topological polar surface area (TPSA) is 53.2 Å². The number of rotatable bonds is 5. The highest BCUT2D eigenvalue weighted by Gasteiger charge is 2.22. The van der Waals surface area contributed by atoms with E-state index < -0.39 is 0 Å². The minimum Gasteiger partial charge on any atom is -0.377 e. The lowest BCUT2D eigenvalue weighted by Gasteiger charge is -2.18. The van der Waals surface area contributed by atoms with Gasteiger partial charge in [-0.3, -0.25) is 4.79 Å². The zero-order valence-electron chi connectivity index (χ0n) is 13.7. The second-order valence-corrected chi connectivity index (χ2v) is 6.56. The van der Waals surface area contributed by atoms with Crippen molar-refractivity contribution in [3.63, 3.8) is 0 Å². The molecule has 4 nitrogen and oxygen atoms in total. The van der Waals surface area contributed by atoms with Crippen molar-refractivity contribution in [3.8, 4) is 0 Å². The maximum absolute atomic E-state index is 12.2. The van der Waals surface area contributed by atoms with E-state index in [9.17, 15) is 4.79 Å². The van der Waals surface area contributed by atoms with Crippen LogP contribution in [0.5, 0.6) is 0 Å². The van der Waals surface area contributed by atoms with E-state index in [0.29, 0.717) is 5.02 Å². The van der Waals surface area contributed by atoms with Crippen molar-refractivity contribution < 1.29 is 4.79 Å². The van der Waals surface area contributed by atoms with Crippen LogP contribution < -0.4 is 16.0 Å². The molecule has 1 aliphatic rings. The van der Waals surface area contributed by atoms with Crippen molar-refractivity contribution in [2.24, 2.45) is 5.92 Å². The summed E-state index contributed by atoms with van der Waals surface area (Å²) in [6.45, 7) is 3.74. The molecular weight excluding hydrogens is 322 g/mol. The Bertz CT molecular complexity index is 699. The van der Waals surface area contributed by atoms with Gasteiger partial charge in [0.1, 0.15) is 0 Å². The van der Waals surface area contributed by atoms with Gasteiger partial charge < -0.3 is 16.0 Å². The lowest BCUT2D eigenvalue weighted by atomic mass is 10.1. The number of halogens is 1. The molecule has 0 radical (unpaired) electrons. The molecule has 1 saturated heterocycles. The summed E-state index contributed by atoms with van der Waals surface area (Å²) in [5, 5.41) is 10.2. The Morgan fingerprint density at radius 3 is 2.71 bits per heavy atom. The summed E-state index contributed by atoms with van der Waals surface area (Å²) in [6.07, 6.45) is 0.883. The second kappa shape index (κ2) is 7.69. The van der Waals surface area contributed by atoms with Gasteiger partial charge in [0.25, 0.3) is 0 Å². The molecule has 2 unspecified atom stereocenters. The molecule has 0 aliphatic carbocycles. The third-order valence-electron chi connectivity index (χ3n) is 4.34. The standard InChI is InChI=1S/C19H22ClN3O/c1-13(14-5-3-2-4-6-14)22-18-8-7-16(11-17(18)20)23-19(24)15-9-10-21-12-15/h2-8,11,13,15,21-22H,9-10,12H2,1H3,(H,23,24). The maximum atomic E-state index is 12.2. The molecule has 3 N–H and O–H groups in total. The molecule has 0 saturated carbocycles. The molecular formula is C19H22ClN3O. The first-order chi connectivity index (χ1) is 11.6. The largest absolute Gasteiger partial charge is 0.377 e. The average Bonchev–Trinajstić information content (AvgIpc) is 3.13.